The number of hydrogen-bond acceptors (Lipinski definition) is 4. The molecule has 0 fully saturated rings. The minimum Gasteiger partial charge on any atom is -0.496 e. The molecule has 3 aromatic rings. The van der Waals surface area contributed by atoms with Gasteiger partial charge in [-0.3, -0.25) is 0 Å². The highest BCUT2D eigenvalue weighted by molar-refractivity contribution is 7.15. The smallest absolute Gasteiger partial charge is 0.131 e. The molecule has 0 aliphatic rings. The van der Waals surface area contributed by atoms with Gasteiger partial charge in [-0.1, -0.05) is 30.3 Å². The predicted octanol–water partition coefficient (Wildman–Crippen LogP) is 4.87. The van der Waals surface area contributed by atoms with Gasteiger partial charge in [-0.25, -0.2) is 4.98 Å². The lowest BCUT2D eigenvalue weighted by Crippen LogP contribution is -1.95. The summed E-state index contributed by atoms with van der Waals surface area (Å²) in [5, 5.41) is 1.02. The lowest BCUT2D eigenvalue weighted by Gasteiger charge is -2.12. The molecule has 3 rings (SSSR count). The Balaban J connectivity index is 2.09. The molecule has 0 aliphatic carbocycles. The first-order chi connectivity index (χ1) is 11.5. The average molecular weight is 338 g/mol. The number of nitrogens with two attached hydrogens (primary N) is 1. The van der Waals surface area contributed by atoms with Crippen LogP contribution in [0.1, 0.15) is 21.6 Å². The Morgan fingerprint density at radius 2 is 1.79 bits per heavy atom. The number of nitrogens with zero attached hydrogens (tertiary/aromatic N) is 1. The van der Waals surface area contributed by atoms with Crippen LogP contribution in [0.5, 0.6) is 5.75 Å². The van der Waals surface area contributed by atoms with Gasteiger partial charge in [0.05, 0.1) is 12.8 Å². The molecular formula is C20H22N2OS. The molecule has 1 aromatic heterocycles. The highest BCUT2D eigenvalue weighted by Gasteiger charge is 2.17. The van der Waals surface area contributed by atoms with E-state index in [1.54, 1.807) is 18.4 Å². The van der Waals surface area contributed by atoms with E-state index in [0.29, 0.717) is 6.54 Å². The molecule has 1 heterocycles. The molecule has 24 heavy (non-hydrogen) atoms. The average Bonchev–Trinajstić information content (AvgIpc) is 2.96. The van der Waals surface area contributed by atoms with Crippen LogP contribution >= 0.6 is 11.3 Å². The predicted molar refractivity (Wildman–Crippen MR) is 102 cm³/mol. The fourth-order valence-corrected chi connectivity index (χ4v) is 3.89. The molecule has 2 N–H and O–H groups in total. The van der Waals surface area contributed by atoms with Crippen molar-refractivity contribution in [2.45, 2.75) is 27.3 Å². The van der Waals surface area contributed by atoms with Crippen molar-refractivity contribution in [3.8, 4) is 27.6 Å². The van der Waals surface area contributed by atoms with Crippen molar-refractivity contribution in [3.05, 3.63) is 58.0 Å². The summed E-state index contributed by atoms with van der Waals surface area (Å²) in [4.78, 5) is 6.09. The SMILES string of the molecule is COc1c(C)cc(C)cc1-c1nc(-c2ccc(CN)cc2)sc1C. The second-order valence-corrected chi connectivity index (χ2v) is 7.19. The maximum Gasteiger partial charge on any atom is 0.131 e. The van der Waals surface area contributed by atoms with Crippen molar-refractivity contribution in [2.75, 3.05) is 7.11 Å². The number of aromatic nitrogens is 1. The first kappa shape index (κ1) is 16.7. The van der Waals surface area contributed by atoms with Crippen molar-refractivity contribution in [2.24, 2.45) is 5.73 Å². The third-order valence-electron chi connectivity index (χ3n) is 4.11. The van der Waals surface area contributed by atoms with Crippen molar-refractivity contribution in [1.29, 1.82) is 0 Å². The standard InChI is InChI=1S/C20H22N2OS/c1-12-9-13(2)19(23-4)17(10-12)18-14(3)24-20(22-18)16-7-5-15(11-21)6-8-16/h5-10H,11,21H2,1-4H3. The summed E-state index contributed by atoms with van der Waals surface area (Å²) in [6.45, 7) is 6.84. The summed E-state index contributed by atoms with van der Waals surface area (Å²) >= 11 is 1.71. The van der Waals surface area contributed by atoms with Crippen LogP contribution in [0.25, 0.3) is 21.8 Å². The maximum atomic E-state index is 5.68. The van der Waals surface area contributed by atoms with E-state index in [0.717, 1.165) is 38.7 Å². The molecule has 3 nitrogen and oxygen atoms in total. The van der Waals surface area contributed by atoms with E-state index in [-0.39, 0.29) is 0 Å². The summed E-state index contributed by atoms with van der Waals surface area (Å²) in [6, 6.07) is 12.6. The van der Waals surface area contributed by atoms with Gasteiger partial charge in [0.15, 0.2) is 0 Å². The minimum atomic E-state index is 0.558. The van der Waals surface area contributed by atoms with Gasteiger partial charge in [0.1, 0.15) is 10.8 Å². The van der Waals surface area contributed by atoms with Crippen molar-refractivity contribution in [1.82, 2.24) is 4.98 Å². The van der Waals surface area contributed by atoms with Crippen LogP contribution < -0.4 is 10.5 Å². The number of hydrogen-bond donors (Lipinski definition) is 1. The van der Waals surface area contributed by atoms with Crippen LogP contribution in [-0.2, 0) is 6.54 Å². The van der Waals surface area contributed by atoms with Gasteiger partial charge >= 0.3 is 0 Å². The topological polar surface area (TPSA) is 48.1 Å². The molecule has 0 unspecified atom stereocenters. The third-order valence-corrected chi connectivity index (χ3v) is 5.13. The van der Waals surface area contributed by atoms with Crippen LogP contribution in [0.15, 0.2) is 36.4 Å². The van der Waals surface area contributed by atoms with Crippen LogP contribution in [0.3, 0.4) is 0 Å². The second kappa shape index (κ2) is 6.75. The fourth-order valence-electron chi connectivity index (χ4n) is 2.95. The molecule has 0 bridgehead atoms. The van der Waals surface area contributed by atoms with Gasteiger partial charge in [0, 0.05) is 22.5 Å². The molecule has 0 amide bonds. The molecule has 0 saturated carbocycles. The summed E-state index contributed by atoms with van der Waals surface area (Å²) in [5.41, 5.74) is 12.3. The van der Waals surface area contributed by atoms with E-state index >= 15 is 0 Å². The molecule has 2 aromatic carbocycles. The second-order valence-electron chi connectivity index (χ2n) is 5.99. The van der Waals surface area contributed by atoms with Gasteiger partial charge in [-0.05, 0) is 43.5 Å². The third kappa shape index (κ3) is 3.07. The number of aryl methyl sites for hydroxylation is 3. The zero-order valence-corrected chi connectivity index (χ0v) is 15.3. The lowest BCUT2D eigenvalue weighted by atomic mass is 10.0. The van der Waals surface area contributed by atoms with Gasteiger partial charge in [-0.2, -0.15) is 0 Å². The highest BCUT2D eigenvalue weighted by Crippen LogP contribution is 2.39. The zero-order valence-electron chi connectivity index (χ0n) is 14.5. The normalized spacial score (nSPS) is 10.9. The molecule has 0 spiro atoms. The van der Waals surface area contributed by atoms with Crippen molar-refractivity contribution >= 4 is 11.3 Å². The molecule has 0 aliphatic heterocycles. The van der Waals surface area contributed by atoms with E-state index in [4.69, 9.17) is 15.5 Å². The van der Waals surface area contributed by atoms with Crippen molar-refractivity contribution in [3.63, 3.8) is 0 Å². The van der Waals surface area contributed by atoms with Crippen molar-refractivity contribution < 1.29 is 4.74 Å². The minimum absolute atomic E-state index is 0.558. The molecule has 0 atom stereocenters. The quantitative estimate of drug-likeness (QED) is 0.738. The molecule has 4 heteroatoms. The number of ether oxygens (including phenoxy) is 1. The summed E-state index contributed by atoms with van der Waals surface area (Å²) in [6.07, 6.45) is 0. The Kier molecular flexibility index (Phi) is 4.69. The van der Waals surface area contributed by atoms with E-state index in [1.807, 2.05) is 0 Å². The molecule has 0 saturated heterocycles. The highest BCUT2D eigenvalue weighted by atomic mass is 32.1. The van der Waals surface area contributed by atoms with Gasteiger partial charge in [0.25, 0.3) is 0 Å². The van der Waals surface area contributed by atoms with Gasteiger partial charge < -0.3 is 10.5 Å². The first-order valence-corrected chi connectivity index (χ1v) is 8.77. The first-order valence-electron chi connectivity index (χ1n) is 7.96. The number of benzene rings is 2. The number of rotatable bonds is 4. The van der Waals surface area contributed by atoms with Gasteiger partial charge in [0.2, 0.25) is 0 Å². The van der Waals surface area contributed by atoms with E-state index in [9.17, 15) is 0 Å². The Labute approximate surface area is 147 Å². The Hall–Kier alpha value is -2.17. The van der Waals surface area contributed by atoms with E-state index in [1.165, 1.54) is 10.4 Å². The Morgan fingerprint density at radius 3 is 2.42 bits per heavy atom. The van der Waals surface area contributed by atoms with Crippen LogP contribution in [0.2, 0.25) is 0 Å². The van der Waals surface area contributed by atoms with Gasteiger partial charge in [-0.15, -0.1) is 11.3 Å². The van der Waals surface area contributed by atoms with Crippen LogP contribution in [0, 0.1) is 20.8 Å². The number of methoxy groups -OCH3 is 1. The summed E-state index contributed by atoms with van der Waals surface area (Å²) in [7, 11) is 1.72. The number of thiazole rings is 1. The Bertz CT molecular complexity index is 866. The largest absolute Gasteiger partial charge is 0.496 e. The monoisotopic (exact) mass is 338 g/mol. The zero-order chi connectivity index (χ0) is 17.3. The van der Waals surface area contributed by atoms with E-state index < -0.39 is 0 Å². The molecule has 124 valence electrons. The lowest BCUT2D eigenvalue weighted by molar-refractivity contribution is 0.413. The maximum absolute atomic E-state index is 5.68. The van der Waals surface area contributed by atoms with E-state index in [2.05, 4.69) is 57.2 Å². The summed E-state index contributed by atoms with van der Waals surface area (Å²) in [5.74, 6) is 0.902. The Morgan fingerprint density at radius 1 is 1.08 bits per heavy atom. The van der Waals surface area contributed by atoms with Crippen LogP contribution in [0.4, 0.5) is 0 Å². The fraction of sp³-hybridized carbons (Fsp3) is 0.250. The molecular weight excluding hydrogens is 316 g/mol. The summed E-state index contributed by atoms with van der Waals surface area (Å²) < 4.78 is 5.64. The van der Waals surface area contributed by atoms with Crippen LogP contribution in [-0.4, -0.2) is 12.1 Å². The molecule has 0 radical (unpaired) electrons.